The fraction of sp³-hybridized carbons (Fsp3) is 0.300. The Bertz CT molecular complexity index is 1430. The maximum Gasteiger partial charge on any atom is 0.266 e. The number of benzene rings is 3. The van der Waals surface area contributed by atoms with Crippen molar-refractivity contribution in [3.8, 4) is 5.69 Å². The summed E-state index contributed by atoms with van der Waals surface area (Å²) in [7, 11) is 0. The number of rotatable bonds is 9. The molecule has 1 amide bonds. The van der Waals surface area contributed by atoms with Crippen molar-refractivity contribution in [2.45, 2.75) is 52.5 Å². The SMILES string of the molecule is CCCCCCN(C(=O)c1ccccc1F)C(C)c1nc2ccccc2c(=O)n1-c1ccccc1C. The Morgan fingerprint density at radius 1 is 0.972 bits per heavy atom. The summed E-state index contributed by atoms with van der Waals surface area (Å²) in [5.74, 6) is -0.514. The smallest absolute Gasteiger partial charge is 0.266 e. The van der Waals surface area contributed by atoms with Gasteiger partial charge in [0.15, 0.2) is 0 Å². The highest BCUT2D eigenvalue weighted by Gasteiger charge is 2.29. The van der Waals surface area contributed by atoms with E-state index in [1.807, 2.05) is 50.2 Å². The molecule has 0 bridgehead atoms. The van der Waals surface area contributed by atoms with Crippen molar-refractivity contribution in [1.82, 2.24) is 14.5 Å². The lowest BCUT2D eigenvalue weighted by molar-refractivity contribution is 0.0672. The second kappa shape index (κ2) is 11.3. The third kappa shape index (κ3) is 5.08. The first kappa shape index (κ1) is 25.3. The van der Waals surface area contributed by atoms with Crippen LogP contribution in [0, 0.1) is 12.7 Å². The summed E-state index contributed by atoms with van der Waals surface area (Å²) in [6, 6.07) is 20.3. The average Bonchev–Trinajstić information content (AvgIpc) is 2.89. The molecule has 0 aliphatic carbocycles. The van der Waals surface area contributed by atoms with E-state index in [-0.39, 0.29) is 11.1 Å². The van der Waals surface area contributed by atoms with Crippen LogP contribution >= 0.6 is 0 Å². The van der Waals surface area contributed by atoms with Crippen LogP contribution in [0.25, 0.3) is 16.6 Å². The summed E-state index contributed by atoms with van der Waals surface area (Å²) >= 11 is 0. The Hall–Kier alpha value is -3.80. The van der Waals surface area contributed by atoms with Gasteiger partial charge in [-0.3, -0.25) is 14.2 Å². The number of aryl methyl sites for hydroxylation is 1. The number of amides is 1. The van der Waals surface area contributed by atoms with Gasteiger partial charge in [0.2, 0.25) is 0 Å². The molecule has 1 heterocycles. The van der Waals surface area contributed by atoms with Gasteiger partial charge in [0, 0.05) is 6.54 Å². The summed E-state index contributed by atoms with van der Waals surface area (Å²) in [4.78, 5) is 34.0. The number of carbonyl (C=O) groups is 1. The van der Waals surface area contributed by atoms with Crippen LogP contribution in [0.1, 0.15) is 67.3 Å². The Morgan fingerprint density at radius 3 is 2.42 bits per heavy atom. The molecule has 4 rings (SSSR count). The highest BCUT2D eigenvalue weighted by atomic mass is 19.1. The highest BCUT2D eigenvalue weighted by molar-refractivity contribution is 5.94. The first-order valence-electron chi connectivity index (χ1n) is 12.6. The molecule has 1 atom stereocenters. The summed E-state index contributed by atoms with van der Waals surface area (Å²) in [5.41, 5.74) is 2.02. The Balaban J connectivity index is 1.88. The van der Waals surface area contributed by atoms with E-state index >= 15 is 0 Å². The lowest BCUT2D eigenvalue weighted by Gasteiger charge is -2.31. The fourth-order valence-electron chi connectivity index (χ4n) is 4.59. The number of para-hydroxylation sites is 2. The Labute approximate surface area is 211 Å². The van der Waals surface area contributed by atoms with E-state index in [1.54, 1.807) is 33.7 Å². The molecule has 0 radical (unpaired) electrons. The van der Waals surface area contributed by atoms with Gasteiger partial charge in [-0.1, -0.05) is 68.7 Å². The van der Waals surface area contributed by atoms with E-state index in [9.17, 15) is 14.0 Å². The van der Waals surface area contributed by atoms with Crippen molar-refractivity contribution in [3.63, 3.8) is 0 Å². The van der Waals surface area contributed by atoms with Crippen LogP contribution in [0.4, 0.5) is 4.39 Å². The van der Waals surface area contributed by atoms with Gasteiger partial charge in [-0.2, -0.15) is 0 Å². The molecule has 0 saturated carbocycles. The molecule has 1 aromatic heterocycles. The Kier molecular flexibility index (Phi) is 7.93. The number of nitrogens with zero attached hydrogens (tertiary/aromatic N) is 3. The molecule has 5 nitrogen and oxygen atoms in total. The monoisotopic (exact) mass is 485 g/mol. The molecular formula is C30H32FN3O2. The summed E-state index contributed by atoms with van der Waals surface area (Å²) in [5, 5.41) is 0.506. The standard InChI is InChI=1S/C30H32FN3O2/c1-4-5-6-13-20-33(29(35)23-15-8-10-17-25(23)31)22(3)28-32-26-18-11-9-16-24(26)30(36)34(28)27-19-12-7-14-21(27)2/h7-12,14-19,22H,4-6,13,20H2,1-3H3. The molecular weight excluding hydrogens is 453 g/mol. The van der Waals surface area contributed by atoms with Gasteiger partial charge in [-0.25, -0.2) is 9.37 Å². The van der Waals surface area contributed by atoms with Crippen LogP contribution < -0.4 is 5.56 Å². The van der Waals surface area contributed by atoms with Gasteiger partial charge in [-0.15, -0.1) is 0 Å². The minimum Gasteiger partial charge on any atom is -0.329 e. The molecule has 0 aliphatic heterocycles. The van der Waals surface area contributed by atoms with E-state index in [1.165, 1.54) is 12.1 Å². The minimum atomic E-state index is -0.573. The predicted octanol–water partition coefficient (Wildman–Crippen LogP) is 6.62. The van der Waals surface area contributed by atoms with E-state index in [0.29, 0.717) is 29.0 Å². The normalized spacial score (nSPS) is 12.0. The van der Waals surface area contributed by atoms with Crippen LogP contribution in [0.3, 0.4) is 0 Å². The molecule has 4 aromatic rings. The maximum absolute atomic E-state index is 14.7. The lowest BCUT2D eigenvalue weighted by atomic mass is 10.1. The molecule has 0 fully saturated rings. The molecule has 6 heteroatoms. The average molecular weight is 486 g/mol. The number of halogens is 1. The number of hydrogen-bond acceptors (Lipinski definition) is 3. The molecule has 36 heavy (non-hydrogen) atoms. The van der Waals surface area contributed by atoms with Crippen LogP contribution in [0.5, 0.6) is 0 Å². The summed E-state index contributed by atoms with van der Waals surface area (Å²) in [6.07, 6.45) is 3.86. The number of unbranched alkanes of at least 4 members (excludes halogenated alkanes) is 3. The molecule has 0 N–H and O–H groups in total. The van der Waals surface area contributed by atoms with Crippen molar-refractivity contribution in [3.05, 3.63) is 106 Å². The van der Waals surface area contributed by atoms with Gasteiger partial charge < -0.3 is 4.90 Å². The third-order valence-electron chi connectivity index (χ3n) is 6.62. The zero-order valence-electron chi connectivity index (χ0n) is 21.1. The zero-order valence-corrected chi connectivity index (χ0v) is 21.1. The largest absolute Gasteiger partial charge is 0.329 e. The van der Waals surface area contributed by atoms with Crippen LogP contribution in [0.15, 0.2) is 77.6 Å². The minimum absolute atomic E-state index is 0.0189. The second-order valence-electron chi connectivity index (χ2n) is 9.13. The van der Waals surface area contributed by atoms with E-state index in [2.05, 4.69) is 6.92 Å². The second-order valence-corrected chi connectivity index (χ2v) is 9.13. The van der Waals surface area contributed by atoms with Crippen molar-refractivity contribution in [2.24, 2.45) is 0 Å². The van der Waals surface area contributed by atoms with Crippen molar-refractivity contribution in [1.29, 1.82) is 0 Å². The number of aromatic nitrogens is 2. The predicted molar refractivity (Wildman–Crippen MR) is 142 cm³/mol. The van der Waals surface area contributed by atoms with Crippen molar-refractivity contribution >= 4 is 16.8 Å². The van der Waals surface area contributed by atoms with Crippen molar-refractivity contribution in [2.75, 3.05) is 6.54 Å². The topological polar surface area (TPSA) is 55.2 Å². The molecule has 1 unspecified atom stereocenters. The molecule has 186 valence electrons. The quantitative estimate of drug-likeness (QED) is 0.251. The molecule has 0 spiro atoms. The van der Waals surface area contributed by atoms with Gasteiger partial charge >= 0.3 is 0 Å². The maximum atomic E-state index is 14.7. The third-order valence-corrected chi connectivity index (χ3v) is 6.62. The number of fused-ring (bicyclic) bond motifs is 1. The van der Waals surface area contributed by atoms with Gasteiger partial charge in [0.25, 0.3) is 11.5 Å². The van der Waals surface area contributed by atoms with E-state index in [0.717, 1.165) is 31.2 Å². The number of hydrogen-bond donors (Lipinski definition) is 0. The molecule has 3 aromatic carbocycles. The van der Waals surface area contributed by atoms with Gasteiger partial charge in [0.05, 0.1) is 28.2 Å². The molecule has 0 aliphatic rings. The number of carbonyl (C=O) groups excluding carboxylic acids is 1. The molecule has 0 saturated heterocycles. The van der Waals surface area contributed by atoms with E-state index < -0.39 is 17.8 Å². The van der Waals surface area contributed by atoms with Gasteiger partial charge in [0.1, 0.15) is 11.6 Å². The first-order valence-corrected chi connectivity index (χ1v) is 12.6. The van der Waals surface area contributed by atoms with Crippen molar-refractivity contribution < 1.29 is 9.18 Å². The van der Waals surface area contributed by atoms with Crippen LogP contribution in [-0.4, -0.2) is 26.9 Å². The lowest BCUT2D eigenvalue weighted by Crippen LogP contribution is -2.38. The summed E-state index contributed by atoms with van der Waals surface area (Å²) in [6.45, 7) is 6.37. The zero-order chi connectivity index (χ0) is 25.7. The summed E-state index contributed by atoms with van der Waals surface area (Å²) < 4.78 is 16.3. The Morgan fingerprint density at radius 2 is 1.67 bits per heavy atom. The van der Waals surface area contributed by atoms with Crippen LogP contribution in [0.2, 0.25) is 0 Å². The van der Waals surface area contributed by atoms with E-state index in [4.69, 9.17) is 4.98 Å². The first-order chi connectivity index (χ1) is 17.4. The highest BCUT2D eigenvalue weighted by Crippen LogP contribution is 2.26. The fourth-order valence-corrected chi connectivity index (χ4v) is 4.59. The van der Waals surface area contributed by atoms with Gasteiger partial charge in [-0.05, 0) is 56.2 Å². The van der Waals surface area contributed by atoms with Crippen LogP contribution in [-0.2, 0) is 0 Å².